The van der Waals surface area contributed by atoms with Crippen LogP contribution in [0.1, 0.15) is 26.7 Å². The maximum atomic E-state index is 12.1. The minimum atomic E-state index is -0.552. The number of carbonyl (C=O) groups excluding carboxylic acids is 1. The van der Waals surface area contributed by atoms with Gasteiger partial charge in [-0.15, -0.1) is 0 Å². The minimum Gasteiger partial charge on any atom is -0.468 e. The molecule has 0 unspecified atom stereocenters. The van der Waals surface area contributed by atoms with Crippen LogP contribution in [0, 0.1) is 0 Å². The summed E-state index contributed by atoms with van der Waals surface area (Å²) in [4.78, 5) is 23.3. The fourth-order valence-electron chi connectivity index (χ4n) is 1.83. The van der Waals surface area contributed by atoms with E-state index in [0.29, 0.717) is 18.5 Å². The van der Waals surface area contributed by atoms with Crippen LogP contribution in [0.3, 0.4) is 0 Å². The molecule has 0 aliphatic rings. The Hall–Kier alpha value is -1.41. The highest BCUT2D eigenvalue weighted by Crippen LogP contribution is 2.25. The number of nitrogens with zero attached hydrogens (tertiary/aromatic N) is 2. The lowest BCUT2D eigenvalue weighted by Crippen LogP contribution is -2.41. The summed E-state index contributed by atoms with van der Waals surface area (Å²) in [5, 5.41) is 16.7. The average Bonchev–Trinajstić information content (AvgIpc) is 2.51. The Morgan fingerprint density at radius 2 is 2.14 bits per heavy atom. The number of anilines is 1. The van der Waals surface area contributed by atoms with E-state index in [1.807, 2.05) is 13.8 Å². The molecule has 2 N–H and O–H groups in total. The molecule has 7 nitrogen and oxygen atoms in total. The predicted octanol–water partition coefficient (Wildman–Crippen LogP) is 1.14. The van der Waals surface area contributed by atoms with Crippen molar-refractivity contribution in [1.82, 2.24) is 9.78 Å². The van der Waals surface area contributed by atoms with Gasteiger partial charge in [-0.1, -0.05) is 13.8 Å². The number of nitrogens with one attached hydrogen (secondary N) is 1. The van der Waals surface area contributed by atoms with E-state index in [0.717, 1.165) is 4.68 Å². The van der Waals surface area contributed by atoms with E-state index in [-0.39, 0.29) is 17.6 Å². The molecule has 21 heavy (non-hydrogen) atoms. The number of carbonyl (C=O) groups is 1. The maximum Gasteiger partial charge on any atom is 0.327 e. The number of ether oxygens (including phenoxy) is 1. The van der Waals surface area contributed by atoms with Gasteiger partial charge in [0.1, 0.15) is 11.0 Å². The molecular formula is C13H20BrN3O4. The first-order valence-corrected chi connectivity index (χ1v) is 7.43. The zero-order valence-electron chi connectivity index (χ0n) is 12.4. The predicted molar refractivity (Wildman–Crippen MR) is 82.2 cm³/mol. The van der Waals surface area contributed by atoms with Gasteiger partial charge < -0.3 is 15.2 Å². The Bertz CT molecular complexity index is 547. The number of aromatic nitrogens is 2. The van der Waals surface area contributed by atoms with Gasteiger partial charge in [0, 0.05) is 0 Å². The highest BCUT2D eigenvalue weighted by Gasteiger charge is 2.26. The molecule has 1 aromatic rings. The fraction of sp³-hybridized carbons (Fsp3) is 0.615. The van der Waals surface area contributed by atoms with Crippen molar-refractivity contribution >= 4 is 27.6 Å². The van der Waals surface area contributed by atoms with Gasteiger partial charge >= 0.3 is 5.97 Å². The fourth-order valence-corrected chi connectivity index (χ4v) is 2.23. The number of hydrogen-bond donors (Lipinski definition) is 2. The molecule has 0 aliphatic carbocycles. The number of esters is 1. The lowest BCUT2D eigenvalue weighted by atomic mass is 9.93. The van der Waals surface area contributed by atoms with E-state index >= 15 is 0 Å². The highest BCUT2D eigenvalue weighted by atomic mass is 79.9. The third-order valence-corrected chi connectivity index (χ3v) is 4.31. The largest absolute Gasteiger partial charge is 0.468 e. The summed E-state index contributed by atoms with van der Waals surface area (Å²) in [5.74, 6) is -0.552. The number of aliphatic hydroxyl groups excluding tert-OH is 1. The molecule has 0 atom stereocenters. The van der Waals surface area contributed by atoms with Gasteiger partial charge in [0.25, 0.3) is 5.56 Å². The molecule has 0 fully saturated rings. The van der Waals surface area contributed by atoms with Gasteiger partial charge in [0.05, 0.1) is 31.1 Å². The maximum absolute atomic E-state index is 12.1. The van der Waals surface area contributed by atoms with Crippen molar-refractivity contribution < 1.29 is 14.6 Å². The van der Waals surface area contributed by atoms with Crippen LogP contribution < -0.4 is 10.9 Å². The molecule has 0 aliphatic heterocycles. The third kappa shape index (κ3) is 4.04. The Kier molecular flexibility index (Phi) is 6.35. The Labute approximate surface area is 131 Å². The Balaban J connectivity index is 3.10. The highest BCUT2D eigenvalue weighted by molar-refractivity contribution is 9.10. The molecule has 0 bridgehead atoms. The topological polar surface area (TPSA) is 93.5 Å². The molecule has 0 saturated carbocycles. The Morgan fingerprint density at radius 3 is 2.62 bits per heavy atom. The first kappa shape index (κ1) is 17.6. The molecule has 0 amide bonds. The number of methoxy groups -OCH3 is 1. The average molecular weight is 362 g/mol. The monoisotopic (exact) mass is 361 g/mol. The summed E-state index contributed by atoms with van der Waals surface area (Å²) in [5.41, 5.74) is -0.464. The molecule has 1 aromatic heterocycles. The van der Waals surface area contributed by atoms with Crippen LogP contribution in [-0.2, 0) is 16.1 Å². The van der Waals surface area contributed by atoms with Gasteiger partial charge in [-0.3, -0.25) is 9.59 Å². The van der Waals surface area contributed by atoms with Crippen LogP contribution >= 0.6 is 15.9 Å². The van der Waals surface area contributed by atoms with E-state index in [4.69, 9.17) is 0 Å². The molecular weight excluding hydrogens is 342 g/mol. The number of hydrogen-bond acceptors (Lipinski definition) is 6. The molecule has 0 aromatic carbocycles. The van der Waals surface area contributed by atoms with Crippen LogP contribution in [0.5, 0.6) is 0 Å². The van der Waals surface area contributed by atoms with Gasteiger partial charge in [-0.05, 0) is 28.8 Å². The molecule has 8 heteroatoms. The summed E-state index contributed by atoms with van der Waals surface area (Å²) in [6.45, 7) is 3.59. The normalized spacial score (nSPS) is 11.3. The SMILES string of the molecule is CCC(CC)(CO)Nc1cnn(CC(=O)OC)c(=O)c1Br. The number of rotatable bonds is 7. The lowest BCUT2D eigenvalue weighted by Gasteiger charge is -2.32. The first-order valence-electron chi connectivity index (χ1n) is 6.64. The summed E-state index contributed by atoms with van der Waals surface area (Å²) in [6.07, 6.45) is 2.83. The molecule has 1 rings (SSSR count). The second-order valence-corrected chi connectivity index (χ2v) is 5.47. The quantitative estimate of drug-likeness (QED) is 0.707. The Morgan fingerprint density at radius 1 is 1.52 bits per heavy atom. The smallest absolute Gasteiger partial charge is 0.327 e. The van der Waals surface area contributed by atoms with Crippen molar-refractivity contribution in [3.63, 3.8) is 0 Å². The molecule has 118 valence electrons. The molecule has 1 heterocycles. The standard InChI is InChI=1S/C13H20BrN3O4/c1-4-13(5-2,8-18)16-9-6-15-17(7-10(19)21-3)12(20)11(9)14/h6,16,18H,4-5,7-8H2,1-3H3. The van der Waals surface area contributed by atoms with Crippen molar-refractivity contribution in [3.05, 3.63) is 21.0 Å². The lowest BCUT2D eigenvalue weighted by molar-refractivity contribution is -0.141. The van der Waals surface area contributed by atoms with Crippen LogP contribution in [0.2, 0.25) is 0 Å². The summed E-state index contributed by atoms with van der Waals surface area (Å²) in [6, 6.07) is 0. The second-order valence-electron chi connectivity index (χ2n) is 4.68. The van der Waals surface area contributed by atoms with Gasteiger partial charge in [-0.2, -0.15) is 5.10 Å². The molecule has 0 spiro atoms. The van der Waals surface area contributed by atoms with Crippen molar-refractivity contribution in [2.24, 2.45) is 0 Å². The van der Waals surface area contributed by atoms with Gasteiger partial charge in [0.15, 0.2) is 0 Å². The molecule has 0 radical (unpaired) electrons. The van der Waals surface area contributed by atoms with E-state index in [2.05, 4.69) is 31.1 Å². The number of halogens is 1. The number of aliphatic hydroxyl groups is 1. The second kappa shape index (κ2) is 7.56. The third-order valence-electron chi connectivity index (χ3n) is 3.55. The summed E-state index contributed by atoms with van der Waals surface area (Å²) < 4.78 is 5.79. The van der Waals surface area contributed by atoms with Crippen molar-refractivity contribution in [3.8, 4) is 0 Å². The zero-order chi connectivity index (χ0) is 16.0. The summed E-state index contributed by atoms with van der Waals surface area (Å²) in [7, 11) is 1.25. The van der Waals surface area contributed by atoms with E-state index < -0.39 is 17.1 Å². The van der Waals surface area contributed by atoms with E-state index in [1.165, 1.54) is 13.3 Å². The van der Waals surface area contributed by atoms with Crippen LogP contribution in [0.15, 0.2) is 15.5 Å². The zero-order valence-corrected chi connectivity index (χ0v) is 13.9. The van der Waals surface area contributed by atoms with E-state index in [9.17, 15) is 14.7 Å². The van der Waals surface area contributed by atoms with Crippen molar-refractivity contribution in [2.75, 3.05) is 19.0 Å². The molecule has 0 saturated heterocycles. The summed E-state index contributed by atoms with van der Waals surface area (Å²) >= 11 is 3.21. The first-order chi connectivity index (χ1) is 9.92. The minimum absolute atomic E-state index is 0.0579. The van der Waals surface area contributed by atoms with Gasteiger partial charge in [0.2, 0.25) is 0 Å². The van der Waals surface area contributed by atoms with Crippen LogP contribution in [-0.4, -0.2) is 40.1 Å². The van der Waals surface area contributed by atoms with Gasteiger partial charge in [-0.25, -0.2) is 4.68 Å². The van der Waals surface area contributed by atoms with Crippen LogP contribution in [0.4, 0.5) is 5.69 Å². The van der Waals surface area contributed by atoms with Crippen molar-refractivity contribution in [2.45, 2.75) is 38.8 Å². The van der Waals surface area contributed by atoms with E-state index in [1.54, 1.807) is 0 Å². The van der Waals surface area contributed by atoms with Crippen LogP contribution in [0.25, 0.3) is 0 Å². The van der Waals surface area contributed by atoms with Crippen molar-refractivity contribution in [1.29, 1.82) is 0 Å².